The van der Waals surface area contributed by atoms with Crippen molar-refractivity contribution in [3.05, 3.63) is 22.9 Å². The van der Waals surface area contributed by atoms with E-state index in [9.17, 15) is 8.42 Å². The second kappa shape index (κ2) is 6.05. The lowest BCUT2D eigenvalue weighted by molar-refractivity contribution is 0.397. The van der Waals surface area contributed by atoms with Gasteiger partial charge in [-0.25, -0.2) is 8.42 Å². The lowest BCUT2D eigenvalue weighted by atomic mass is 10.2. The highest BCUT2D eigenvalue weighted by molar-refractivity contribution is 9.10. The number of pyridine rings is 1. The minimum atomic E-state index is -3.58. The van der Waals surface area contributed by atoms with E-state index in [1.54, 1.807) is 6.92 Å². The van der Waals surface area contributed by atoms with Crippen molar-refractivity contribution in [3.63, 3.8) is 0 Å². The SMILES string of the molecule is CC(CC(N)=S)N(C)S(=O)(=O)c1cncc(Br)c1. The number of aromatic nitrogens is 1. The highest BCUT2D eigenvalue weighted by Crippen LogP contribution is 2.20. The van der Waals surface area contributed by atoms with Crippen LogP contribution in [0.4, 0.5) is 0 Å². The van der Waals surface area contributed by atoms with Crippen LogP contribution >= 0.6 is 28.1 Å². The minimum absolute atomic E-state index is 0.133. The molecular formula is C10H14BrN3O2S2. The van der Waals surface area contributed by atoms with E-state index < -0.39 is 10.0 Å². The van der Waals surface area contributed by atoms with Gasteiger partial charge in [0.1, 0.15) is 4.90 Å². The molecule has 0 spiro atoms. The Hall–Kier alpha value is -0.570. The summed E-state index contributed by atoms with van der Waals surface area (Å²) in [6, 6.07) is 1.21. The fourth-order valence-corrected chi connectivity index (χ4v) is 3.46. The zero-order valence-electron chi connectivity index (χ0n) is 10.00. The molecule has 0 aliphatic carbocycles. The van der Waals surface area contributed by atoms with Crippen molar-refractivity contribution in [1.82, 2.24) is 9.29 Å². The van der Waals surface area contributed by atoms with Gasteiger partial charge in [0.15, 0.2) is 0 Å². The second-order valence-corrected chi connectivity index (χ2v) is 7.32. The zero-order chi connectivity index (χ0) is 13.9. The Balaban J connectivity index is 3.03. The molecule has 1 unspecified atom stereocenters. The third-order valence-corrected chi connectivity index (χ3v) is 5.01. The van der Waals surface area contributed by atoms with Gasteiger partial charge in [0, 0.05) is 36.4 Å². The van der Waals surface area contributed by atoms with Crippen LogP contribution in [0.25, 0.3) is 0 Å². The molecule has 0 amide bonds. The third-order valence-electron chi connectivity index (χ3n) is 2.47. The molecule has 1 aromatic rings. The van der Waals surface area contributed by atoms with Crippen LogP contribution in [0.1, 0.15) is 13.3 Å². The molecule has 0 saturated heterocycles. The number of sulfonamides is 1. The normalized spacial score (nSPS) is 13.6. The Kier molecular flexibility index (Phi) is 5.20. The van der Waals surface area contributed by atoms with Crippen molar-refractivity contribution in [3.8, 4) is 0 Å². The summed E-state index contributed by atoms with van der Waals surface area (Å²) in [5.41, 5.74) is 5.43. The van der Waals surface area contributed by atoms with Gasteiger partial charge in [0.2, 0.25) is 10.0 Å². The van der Waals surface area contributed by atoms with Crippen LogP contribution in [0, 0.1) is 0 Å². The Labute approximate surface area is 121 Å². The molecule has 8 heteroatoms. The van der Waals surface area contributed by atoms with Gasteiger partial charge in [0.25, 0.3) is 0 Å². The van der Waals surface area contributed by atoms with E-state index >= 15 is 0 Å². The summed E-state index contributed by atoms with van der Waals surface area (Å²) >= 11 is 7.98. The Morgan fingerprint density at radius 2 is 2.22 bits per heavy atom. The van der Waals surface area contributed by atoms with Gasteiger partial charge in [-0.1, -0.05) is 12.2 Å². The standard InChI is InChI=1S/C10H14BrN3O2S2/c1-7(3-10(12)17)14(2)18(15,16)9-4-8(11)5-13-6-9/h4-7H,3H2,1-2H3,(H2,12,17). The smallest absolute Gasteiger partial charge is 0.244 e. The number of thiocarbonyl (C=S) groups is 1. The van der Waals surface area contributed by atoms with Gasteiger partial charge >= 0.3 is 0 Å². The molecule has 1 aromatic heterocycles. The molecule has 0 aliphatic heterocycles. The zero-order valence-corrected chi connectivity index (χ0v) is 13.2. The number of nitrogens with two attached hydrogens (primary N) is 1. The quantitative estimate of drug-likeness (QED) is 0.814. The first-order chi connectivity index (χ1) is 8.25. The summed E-state index contributed by atoms with van der Waals surface area (Å²) in [5.74, 6) is 0. The number of hydrogen-bond donors (Lipinski definition) is 1. The molecule has 0 aromatic carbocycles. The molecule has 0 bridgehead atoms. The number of nitrogens with zero attached hydrogens (tertiary/aromatic N) is 2. The van der Waals surface area contributed by atoms with Crippen molar-refractivity contribution in [2.75, 3.05) is 7.05 Å². The van der Waals surface area contributed by atoms with Crippen LogP contribution in [-0.4, -0.2) is 35.8 Å². The third kappa shape index (κ3) is 3.71. The van der Waals surface area contributed by atoms with Gasteiger partial charge < -0.3 is 5.73 Å². The summed E-state index contributed by atoms with van der Waals surface area (Å²) < 4.78 is 26.4. The van der Waals surface area contributed by atoms with Crippen LogP contribution in [-0.2, 0) is 10.0 Å². The summed E-state index contributed by atoms with van der Waals surface area (Å²) in [5, 5.41) is 0. The Morgan fingerprint density at radius 1 is 1.61 bits per heavy atom. The van der Waals surface area contributed by atoms with Crippen molar-refractivity contribution < 1.29 is 8.42 Å². The van der Waals surface area contributed by atoms with E-state index in [-0.39, 0.29) is 15.9 Å². The van der Waals surface area contributed by atoms with Gasteiger partial charge in [-0.15, -0.1) is 0 Å². The van der Waals surface area contributed by atoms with Crippen LogP contribution < -0.4 is 5.73 Å². The molecule has 5 nitrogen and oxygen atoms in total. The molecule has 0 fully saturated rings. The van der Waals surface area contributed by atoms with E-state index in [1.807, 2.05) is 0 Å². The Bertz CT molecular complexity index is 548. The average molecular weight is 352 g/mol. The molecule has 0 saturated carbocycles. The van der Waals surface area contributed by atoms with Crippen LogP contribution in [0.5, 0.6) is 0 Å². The van der Waals surface area contributed by atoms with Crippen LogP contribution in [0.2, 0.25) is 0 Å². The van der Waals surface area contributed by atoms with Crippen LogP contribution in [0.3, 0.4) is 0 Å². The van der Waals surface area contributed by atoms with Gasteiger partial charge in [-0.3, -0.25) is 4.98 Å². The predicted molar refractivity (Wildman–Crippen MR) is 77.8 cm³/mol. The molecule has 0 aliphatic rings. The molecule has 1 rings (SSSR count). The molecule has 100 valence electrons. The second-order valence-electron chi connectivity index (χ2n) is 3.88. The van der Waals surface area contributed by atoms with E-state index in [0.717, 1.165) is 0 Å². The van der Waals surface area contributed by atoms with Crippen molar-refractivity contribution in [1.29, 1.82) is 0 Å². The van der Waals surface area contributed by atoms with E-state index in [2.05, 4.69) is 20.9 Å². The van der Waals surface area contributed by atoms with Gasteiger partial charge in [-0.05, 0) is 28.9 Å². The molecule has 1 atom stereocenters. The molecular weight excluding hydrogens is 338 g/mol. The van der Waals surface area contributed by atoms with Crippen molar-refractivity contribution in [2.24, 2.45) is 5.73 Å². The van der Waals surface area contributed by atoms with Crippen molar-refractivity contribution >= 4 is 43.2 Å². The fourth-order valence-electron chi connectivity index (χ4n) is 1.36. The van der Waals surface area contributed by atoms with Gasteiger partial charge in [-0.2, -0.15) is 4.31 Å². The number of halogens is 1. The van der Waals surface area contributed by atoms with E-state index in [1.165, 1.54) is 29.8 Å². The minimum Gasteiger partial charge on any atom is -0.393 e. The molecule has 2 N–H and O–H groups in total. The summed E-state index contributed by atoms with van der Waals surface area (Å²) in [4.78, 5) is 4.27. The molecule has 1 heterocycles. The predicted octanol–water partition coefficient (Wildman–Crippen LogP) is 1.53. The van der Waals surface area contributed by atoms with Crippen molar-refractivity contribution in [2.45, 2.75) is 24.3 Å². The maximum Gasteiger partial charge on any atom is 0.244 e. The van der Waals surface area contributed by atoms with Crippen LogP contribution in [0.15, 0.2) is 27.8 Å². The number of hydrogen-bond acceptors (Lipinski definition) is 4. The highest BCUT2D eigenvalue weighted by Gasteiger charge is 2.26. The topological polar surface area (TPSA) is 76.3 Å². The fraction of sp³-hybridized carbons (Fsp3) is 0.400. The summed E-state index contributed by atoms with van der Waals surface area (Å²) in [7, 11) is -2.08. The molecule has 18 heavy (non-hydrogen) atoms. The first kappa shape index (κ1) is 15.5. The summed E-state index contributed by atoms with van der Waals surface area (Å²) in [6.07, 6.45) is 3.17. The van der Waals surface area contributed by atoms with Gasteiger partial charge in [0.05, 0.1) is 4.99 Å². The maximum absolute atomic E-state index is 12.3. The first-order valence-electron chi connectivity index (χ1n) is 5.12. The maximum atomic E-state index is 12.3. The van der Waals surface area contributed by atoms with E-state index in [4.69, 9.17) is 18.0 Å². The average Bonchev–Trinajstić information content (AvgIpc) is 2.27. The van der Waals surface area contributed by atoms with E-state index in [0.29, 0.717) is 10.9 Å². The lowest BCUT2D eigenvalue weighted by Gasteiger charge is -2.23. The largest absolute Gasteiger partial charge is 0.393 e. The lowest BCUT2D eigenvalue weighted by Crippen LogP contribution is -2.37. The monoisotopic (exact) mass is 351 g/mol. The summed E-state index contributed by atoms with van der Waals surface area (Å²) in [6.45, 7) is 1.75. The molecule has 0 radical (unpaired) electrons. The first-order valence-corrected chi connectivity index (χ1v) is 7.76. The Morgan fingerprint density at radius 3 is 2.72 bits per heavy atom. The number of rotatable bonds is 5. The highest BCUT2D eigenvalue weighted by atomic mass is 79.9.